The monoisotopic (exact) mass is 275 g/mol. The van der Waals surface area contributed by atoms with Gasteiger partial charge in [0, 0.05) is 6.54 Å². The summed E-state index contributed by atoms with van der Waals surface area (Å²) in [6, 6.07) is 9.57. The number of hydrogen-bond donors (Lipinski definition) is 2. The van der Waals surface area contributed by atoms with Gasteiger partial charge < -0.3 is 10.4 Å². The largest absolute Gasteiger partial charge is 0.481 e. The second-order valence-electron chi connectivity index (χ2n) is 5.46. The van der Waals surface area contributed by atoms with Crippen LogP contribution in [0.2, 0.25) is 0 Å². The average molecular weight is 275 g/mol. The fourth-order valence-corrected chi connectivity index (χ4v) is 2.87. The number of carbonyl (C=O) groups is 2. The van der Waals surface area contributed by atoms with Gasteiger partial charge in [-0.3, -0.25) is 9.59 Å². The van der Waals surface area contributed by atoms with Crippen molar-refractivity contribution in [3.8, 4) is 0 Å². The highest BCUT2D eigenvalue weighted by Crippen LogP contribution is 2.29. The molecule has 108 valence electrons. The Hall–Kier alpha value is -1.84. The van der Waals surface area contributed by atoms with Crippen LogP contribution in [0.1, 0.15) is 31.2 Å². The van der Waals surface area contributed by atoms with E-state index in [1.54, 1.807) is 0 Å². The number of rotatable bonds is 5. The number of carboxylic acids is 1. The van der Waals surface area contributed by atoms with Crippen LogP contribution >= 0.6 is 0 Å². The molecule has 0 unspecified atom stereocenters. The van der Waals surface area contributed by atoms with Gasteiger partial charge in [-0.2, -0.15) is 0 Å². The molecule has 1 saturated carbocycles. The quantitative estimate of drug-likeness (QED) is 0.866. The van der Waals surface area contributed by atoms with Gasteiger partial charge in [0.25, 0.3) is 0 Å². The van der Waals surface area contributed by atoms with Gasteiger partial charge >= 0.3 is 5.97 Å². The van der Waals surface area contributed by atoms with Crippen molar-refractivity contribution in [2.45, 2.75) is 32.1 Å². The van der Waals surface area contributed by atoms with Gasteiger partial charge in [-0.05, 0) is 24.3 Å². The van der Waals surface area contributed by atoms with Crippen molar-refractivity contribution in [1.82, 2.24) is 5.32 Å². The molecule has 4 heteroatoms. The van der Waals surface area contributed by atoms with Crippen LogP contribution in [-0.4, -0.2) is 23.5 Å². The number of hydrogen-bond acceptors (Lipinski definition) is 2. The molecule has 0 aliphatic heterocycles. The number of carboxylic acid groups (broad SMARTS) is 1. The predicted octanol–water partition coefficient (Wildman–Crippen LogP) is 2.24. The van der Waals surface area contributed by atoms with Crippen molar-refractivity contribution in [1.29, 1.82) is 0 Å². The molecule has 1 aliphatic carbocycles. The number of amides is 1. The zero-order valence-electron chi connectivity index (χ0n) is 11.5. The molecule has 20 heavy (non-hydrogen) atoms. The number of aliphatic carboxylic acids is 1. The topological polar surface area (TPSA) is 66.4 Å². The van der Waals surface area contributed by atoms with Gasteiger partial charge in [-0.1, -0.05) is 43.2 Å². The van der Waals surface area contributed by atoms with Gasteiger partial charge in [0.1, 0.15) is 0 Å². The Balaban J connectivity index is 1.81. The maximum atomic E-state index is 11.9. The zero-order chi connectivity index (χ0) is 14.4. The van der Waals surface area contributed by atoms with Gasteiger partial charge in [0.05, 0.1) is 12.3 Å². The van der Waals surface area contributed by atoms with E-state index in [2.05, 4.69) is 5.32 Å². The fraction of sp³-hybridized carbons (Fsp3) is 0.500. The summed E-state index contributed by atoms with van der Waals surface area (Å²) in [5.74, 6) is -1.00. The molecule has 1 aromatic rings. The number of benzene rings is 1. The molecule has 0 bridgehead atoms. The van der Waals surface area contributed by atoms with Crippen LogP contribution in [0.3, 0.4) is 0 Å². The predicted molar refractivity (Wildman–Crippen MR) is 76.2 cm³/mol. The molecule has 0 spiro atoms. The molecule has 4 nitrogen and oxygen atoms in total. The Morgan fingerprint density at radius 3 is 2.55 bits per heavy atom. The molecule has 2 rings (SSSR count). The summed E-state index contributed by atoms with van der Waals surface area (Å²) in [5.41, 5.74) is 0.975. The zero-order valence-corrected chi connectivity index (χ0v) is 11.5. The minimum atomic E-state index is -0.730. The molecule has 0 saturated heterocycles. The second-order valence-corrected chi connectivity index (χ2v) is 5.46. The molecule has 1 fully saturated rings. The summed E-state index contributed by atoms with van der Waals surface area (Å²) in [4.78, 5) is 23.1. The third kappa shape index (κ3) is 4.08. The lowest BCUT2D eigenvalue weighted by Crippen LogP contribution is -2.37. The summed E-state index contributed by atoms with van der Waals surface area (Å²) in [7, 11) is 0. The van der Waals surface area contributed by atoms with E-state index in [1.807, 2.05) is 30.3 Å². The summed E-state index contributed by atoms with van der Waals surface area (Å²) in [6.45, 7) is 0.475. The number of nitrogens with one attached hydrogen (secondary N) is 1. The second kappa shape index (κ2) is 7.08. The summed E-state index contributed by atoms with van der Waals surface area (Å²) in [6.07, 6.45) is 4.01. The molecule has 0 heterocycles. The maximum absolute atomic E-state index is 11.9. The Morgan fingerprint density at radius 2 is 1.85 bits per heavy atom. The summed E-state index contributed by atoms with van der Waals surface area (Å²) >= 11 is 0. The molecule has 0 aromatic heterocycles. The Bertz CT molecular complexity index is 458. The van der Waals surface area contributed by atoms with Crippen LogP contribution in [-0.2, 0) is 16.0 Å². The minimum Gasteiger partial charge on any atom is -0.481 e. The van der Waals surface area contributed by atoms with E-state index in [0.29, 0.717) is 13.0 Å². The van der Waals surface area contributed by atoms with E-state index >= 15 is 0 Å². The van der Waals surface area contributed by atoms with E-state index in [4.69, 9.17) is 0 Å². The average Bonchev–Trinajstić information content (AvgIpc) is 2.46. The highest BCUT2D eigenvalue weighted by Gasteiger charge is 2.30. The van der Waals surface area contributed by atoms with Gasteiger partial charge in [0.2, 0.25) is 5.91 Å². The lowest BCUT2D eigenvalue weighted by molar-refractivity contribution is -0.145. The van der Waals surface area contributed by atoms with Crippen LogP contribution in [0.15, 0.2) is 30.3 Å². The van der Waals surface area contributed by atoms with Crippen LogP contribution in [0.5, 0.6) is 0 Å². The molecular formula is C16H21NO3. The standard InChI is InChI=1S/C16H21NO3/c18-15(10-12-6-2-1-3-7-12)17-11-13-8-4-5-9-14(13)16(19)20/h1-3,6-7,13-14H,4-5,8-11H2,(H,17,18)(H,19,20)/t13-,14-/m0/s1. The van der Waals surface area contributed by atoms with Crippen LogP contribution in [0.4, 0.5) is 0 Å². The van der Waals surface area contributed by atoms with Gasteiger partial charge in [-0.25, -0.2) is 0 Å². The van der Waals surface area contributed by atoms with Crippen LogP contribution in [0.25, 0.3) is 0 Å². The normalized spacial score (nSPS) is 22.2. The third-order valence-corrected chi connectivity index (χ3v) is 4.00. The first-order valence-corrected chi connectivity index (χ1v) is 7.20. The first kappa shape index (κ1) is 14.6. The Morgan fingerprint density at radius 1 is 1.15 bits per heavy atom. The SMILES string of the molecule is O=C(Cc1ccccc1)NC[C@@H]1CCCC[C@@H]1C(=O)O. The van der Waals surface area contributed by atoms with E-state index in [9.17, 15) is 14.7 Å². The van der Waals surface area contributed by atoms with E-state index in [1.165, 1.54) is 0 Å². The molecule has 1 aromatic carbocycles. The first-order chi connectivity index (χ1) is 9.66. The van der Waals surface area contributed by atoms with Crippen molar-refractivity contribution in [3.05, 3.63) is 35.9 Å². The van der Waals surface area contributed by atoms with Crippen LogP contribution in [0, 0.1) is 11.8 Å². The van der Waals surface area contributed by atoms with Crippen molar-refractivity contribution in [2.75, 3.05) is 6.54 Å². The Labute approximate surface area is 119 Å². The molecule has 2 N–H and O–H groups in total. The lowest BCUT2D eigenvalue weighted by atomic mass is 9.79. The fourth-order valence-electron chi connectivity index (χ4n) is 2.87. The third-order valence-electron chi connectivity index (χ3n) is 4.00. The molecule has 2 atom stereocenters. The smallest absolute Gasteiger partial charge is 0.306 e. The molecule has 1 amide bonds. The number of carbonyl (C=O) groups excluding carboxylic acids is 1. The highest BCUT2D eigenvalue weighted by atomic mass is 16.4. The summed E-state index contributed by atoms with van der Waals surface area (Å²) in [5, 5.41) is 12.1. The maximum Gasteiger partial charge on any atom is 0.306 e. The minimum absolute atomic E-state index is 0.0362. The van der Waals surface area contributed by atoms with Gasteiger partial charge in [0.15, 0.2) is 0 Å². The van der Waals surface area contributed by atoms with Crippen molar-refractivity contribution < 1.29 is 14.7 Å². The van der Waals surface area contributed by atoms with Gasteiger partial charge in [-0.15, -0.1) is 0 Å². The lowest BCUT2D eigenvalue weighted by Gasteiger charge is -2.28. The van der Waals surface area contributed by atoms with Crippen molar-refractivity contribution in [3.63, 3.8) is 0 Å². The van der Waals surface area contributed by atoms with Crippen molar-refractivity contribution in [2.24, 2.45) is 11.8 Å². The highest BCUT2D eigenvalue weighted by molar-refractivity contribution is 5.78. The van der Waals surface area contributed by atoms with Crippen molar-refractivity contribution >= 4 is 11.9 Å². The summed E-state index contributed by atoms with van der Waals surface area (Å²) < 4.78 is 0. The van der Waals surface area contributed by atoms with E-state index in [-0.39, 0.29) is 17.7 Å². The van der Waals surface area contributed by atoms with Crippen LogP contribution < -0.4 is 5.32 Å². The molecule has 0 radical (unpaired) electrons. The molecule has 1 aliphatic rings. The first-order valence-electron chi connectivity index (χ1n) is 7.20. The molecular weight excluding hydrogens is 254 g/mol. The Kier molecular flexibility index (Phi) is 5.16. The van der Waals surface area contributed by atoms with E-state index < -0.39 is 5.97 Å². The van der Waals surface area contributed by atoms with E-state index in [0.717, 1.165) is 31.2 Å².